The van der Waals surface area contributed by atoms with E-state index < -0.39 is 6.10 Å². The molecule has 0 N–H and O–H groups in total. The Labute approximate surface area is 385 Å². The van der Waals surface area contributed by atoms with E-state index in [1.54, 1.807) is 0 Å². The number of carbonyl (C=O) groups excluding carboxylic acids is 3. The van der Waals surface area contributed by atoms with Crippen molar-refractivity contribution in [2.24, 2.45) is 0 Å². The summed E-state index contributed by atoms with van der Waals surface area (Å²) in [5, 5.41) is 0. The molecule has 6 heteroatoms. The fourth-order valence-electron chi connectivity index (χ4n) is 7.79. The normalized spacial score (nSPS) is 12.2. The smallest absolute Gasteiger partial charge is 0.306 e. The van der Waals surface area contributed by atoms with Crippen molar-refractivity contribution in [1.29, 1.82) is 0 Å². The van der Waals surface area contributed by atoms with Crippen LogP contribution in [0.4, 0.5) is 0 Å². The molecule has 0 aromatic rings. The lowest BCUT2D eigenvalue weighted by atomic mass is 10.0. The van der Waals surface area contributed by atoms with Crippen LogP contribution in [0.5, 0.6) is 0 Å². The maximum absolute atomic E-state index is 12.8. The summed E-state index contributed by atoms with van der Waals surface area (Å²) in [5.41, 5.74) is 0. The average molecular weight is 871 g/mol. The molecule has 362 valence electrons. The zero-order chi connectivity index (χ0) is 45.1. The summed E-state index contributed by atoms with van der Waals surface area (Å²) in [6, 6.07) is 0. The first-order valence-electron chi connectivity index (χ1n) is 27.0. The second-order valence-corrected chi connectivity index (χ2v) is 18.2. The molecule has 0 spiro atoms. The lowest BCUT2D eigenvalue weighted by molar-refractivity contribution is -0.167. The Balaban J connectivity index is 4.28. The van der Waals surface area contributed by atoms with Gasteiger partial charge in [-0.05, 0) is 64.2 Å². The summed E-state index contributed by atoms with van der Waals surface area (Å²) < 4.78 is 16.8. The zero-order valence-corrected chi connectivity index (χ0v) is 41.4. The summed E-state index contributed by atoms with van der Waals surface area (Å²) in [6.45, 7) is 6.58. The Morgan fingerprint density at radius 1 is 0.323 bits per heavy atom. The third-order valence-corrected chi connectivity index (χ3v) is 11.9. The van der Waals surface area contributed by atoms with Crippen molar-refractivity contribution < 1.29 is 28.6 Å². The molecule has 0 aliphatic heterocycles. The quantitative estimate of drug-likeness (QED) is 0.0199. The van der Waals surface area contributed by atoms with Crippen LogP contribution in [0.3, 0.4) is 0 Å². The van der Waals surface area contributed by atoms with Gasteiger partial charge in [-0.25, -0.2) is 0 Å². The van der Waals surface area contributed by atoms with Gasteiger partial charge in [0, 0.05) is 19.3 Å². The molecule has 0 aliphatic carbocycles. The van der Waals surface area contributed by atoms with E-state index in [1.165, 1.54) is 186 Å². The fourth-order valence-corrected chi connectivity index (χ4v) is 7.79. The second kappa shape index (κ2) is 51.3. The third-order valence-electron chi connectivity index (χ3n) is 11.9. The molecular formula is C56H102O6. The van der Waals surface area contributed by atoms with Gasteiger partial charge in [-0.15, -0.1) is 0 Å². The van der Waals surface area contributed by atoms with E-state index in [2.05, 4.69) is 57.2 Å². The van der Waals surface area contributed by atoms with E-state index in [0.717, 1.165) is 57.8 Å². The Morgan fingerprint density at radius 3 is 1.02 bits per heavy atom. The molecule has 0 saturated heterocycles. The van der Waals surface area contributed by atoms with Crippen LogP contribution in [-0.4, -0.2) is 37.2 Å². The van der Waals surface area contributed by atoms with Crippen LogP contribution in [0, 0.1) is 0 Å². The molecule has 0 bridgehead atoms. The zero-order valence-electron chi connectivity index (χ0n) is 41.4. The van der Waals surface area contributed by atoms with Gasteiger partial charge in [-0.3, -0.25) is 14.4 Å². The Bertz CT molecular complexity index is 1050. The topological polar surface area (TPSA) is 78.9 Å². The number of hydrogen-bond donors (Lipinski definition) is 0. The third kappa shape index (κ3) is 48.7. The number of hydrogen-bond acceptors (Lipinski definition) is 6. The molecular weight excluding hydrogens is 769 g/mol. The first-order valence-corrected chi connectivity index (χ1v) is 27.0. The number of ether oxygens (including phenoxy) is 3. The maximum atomic E-state index is 12.8. The molecule has 0 rings (SSSR count). The molecule has 0 aliphatic rings. The molecule has 62 heavy (non-hydrogen) atoms. The van der Waals surface area contributed by atoms with Gasteiger partial charge < -0.3 is 14.2 Å². The molecule has 1 atom stereocenters. The minimum Gasteiger partial charge on any atom is -0.462 e. The van der Waals surface area contributed by atoms with E-state index in [4.69, 9.17) is 14.2 Å². The predicted molar refractivity (Wildman–Crippen MR) is 266 cm³/mol. The lowest BCUT2D eigenvalue weighted by Gasteiger charge is -2.18. The maximum Gasteiger partial charge on any atom is 0.306 e. The molecule has 1 unspecified atom stereocenters. The highest BCUT2D eigenvalue weighted by atomic mass is 16.6. The van der Waals surface area contributed by atoms with Crippen molar-refractivity contribution in [3.63, 3.8) is 0 Å². The number of allylic oxidation sites excluding steroid dienone is 6. The molecule has 0 aromatic carbocycles. The SMILES string of the molecule is CCCCC/C=C\C=C/CCCCCCCCCCCCC(=O)OCC(COC(=O)CCC/C=C\CCCCCC)OC(=O)CCCCCCCCCCCCCCCCCC. The van der Waals surface area contributed by atoms with Crippen LogP contribution < -0.4 is 0 Å². The number of esters is 3. The fraction of sp³-hybridized carbons (Fsp3) is 0.839. The standard InChI is InChI=1S/C56H102O6/c1-4-7-10-13-16-19-21-23-25-27-28-29-31-32-34-37-40-43-46-49-55(58)61-52-53(51-60-54(57)48-45-42-39-36-18-15-12-9-6-3)62-56(59)50-47-44-41-38-35-33-30-26-24-22-20-17-14-11-8-5-2/h16,19,21,23,36,39,53H,4-15,17-18,20,22,24-35,37-38,40-52H2,1-3H3/b19-16-,23-21-,39-36-. The summed E-state index contributed by atoms with van der Waals surface area (Å²) in [5.74, 6) is -0.907. The van der Waals surface area contributed by atoms with Gasteiger partial charge in [0.2, 0.25) is 0 Å². The number of carbonyl (C=O) groups is 3. The largest absolute Gasteiger partial charge is 0.462 e. The molecule has 0 saturated carbocycles. The van der Waals surface area contributed by atoms with Crippen molar-refractivity contribution in [2.75, 3.05) is 13.2 Å². The molecule has 0 aromatic heterocycles. The first-order chi connectivity index (χ1) is 30.5. The Hall–Kier alpha value is -2.37. The van der Waals surface area contributed by atoms with Crippen LogP contribution in [0.1, 0.15) is 284 Å². The van der Waals surface area contributed by atoms with E-state index >= 15 is 0 Å². The van der Waals surface area contributed by atoms with E-state index in [9.17, 15) is 14.4 Å². The molecule has 0 heterocycles. The van der Waals surface area contributed by atoms with E-state index in [1.807, 2.05) is 0 Å². The predicted octanol–water partition coefficient (Wildman–Crippen LogP) is 17.7. The van der Waals surface area contributed by atoms with Crippen LogP contribution in [0.25, 0.3) is 0 Å². The Kier molecular flexibility index (Phi) is 49.3. The second-order valence-electron chi connectivity index (χ2n) is 18.2. The van der Waals surface area contributed by atoms with Crippen molar-refractivity contribution >= 4 is 17.9 Å². The van der Waals surface area contributed by atoms with E-state index in [0.29, 0.717) is 19.3 Å². The summed E-state index contributed by atoms with van der Waals surface area (Å²) in [6.07, 6.45) is 60.0. The molecule has 6 nitrogen and oxygen atoms in total. The highest BCUT2D eigenvalue weighted by Crippen LogP contribution is 2.16. The van der Waals surface area contributed by atoms with Crippen molar-refractivity contribution in [2.45, 2.75) is 290 Å². The highest BCUT2D eigenvalue weighted by molar-refractivity contribution is 5.71. The van der Waals surface area contributed by atoms with Gasteiger partial charge in [-0.1, -0.05) is 237 Å². The molecule has 0 amide bonds. The van der Waals surface area contributed by atoms with Gasteiger partial charge in [-0.2, -0.15) is 0 Å². The van der Waals surface area contributed by atoms with Crippen LogP contribution in [0.2, 0.25) is 0 Å². The van der Waals surface area contributed by atoms with Crippen molar-refractivity contribution in [3.8, 4) is 0 Å². The van der Waals surface area contributed by atoms with Gasteiger partial charge in [0.25, 0.3) is 0 Å². The van der Waals surface area contributed by atoms with E-state index in [-0.39, 0.29) is 31.1 Å². The summed E-state index contributed by atoms with van der Waals surface area (Å²) in [4.78, 5) is 37.9. The van der Waals surface area contributed by atoms with Gasteiger partial charge in [0.15, 0.2) is 6.10 Å². The van der Waals surface area contributed by atoms with Crippen LogP contribution >= 0.6 is 0 Å². The minimum atomic E-state index is -0.779. The first kappa shape index (κ1) is 59.6. The lowest BCUT2D eigenvalue weighted by Crippen LogP contribution is -2.30. The minimum absolute atomic E-state index is 0.0793. The Morgan fingerprint density at radius 2 is 0.597 bits per heavy atom. The molecule has 0 radical (unpaired) electrons. The number of rotatable bonds is 49. The average Bonchev–Trinajstić information content (AvgIpc) is 3.27. The molecule has 0 fully saturated rings. The summed E-state index contributed by atoms with van der Waals surface area (Å²) >= 11 is 0. The monoisotopic (exact) mass is 871 g/mol. The number of unbranched alkanes of at least 4 members (excludes halogenated alkanes) is 33. The van der Waals surface area contributed by atoms with Crippen LogP contribution in [0.15, 0.2) is 36.5 Å². The van der Waals surface area contributed by atoms with Gasteiger partial charge in [0.1, 0.15) is 13.2 Å². The van der Waals surface area contributed by atoms with Crippen molar-refractivity contribution in [3.05, 3.63) is 36.5 Å². The van der Waals surface area contributed by atoms with Gasteiger partial charge in [0.05, 0.1) is 0 Å². The van der Waals surface area contributed by atoms with Gasteiger partial charge >= 0.3 is 17.9 Å². The van der Waals surface area contributed by atoms with Crippen molar-refractivity contribution in [1.82, 2.24) is 0 Å². The van der Waals surface area contributed by atoms with Crippen LogP contribution in [-0.2, 0) is 28.6 Å². The highest BCUT2D eigenvalue weighted by Gasteiger charge is 2.19. The summed E-state index contributed by atoms with van der Waals surface area (Å²) in [7, 11) is 0.